The quantitative estimate of drug-likeness (QED) is 0.214. The molecule has 3 aliphatic rings. The first-order valence-corrected chi connectivity index (χ1v) is 13.5. The van der Waals surface area contributed by atoms with E-state index in [0.717, 1.165) is 36.1 Å². The number of hydrogen-bond donors (Lipinski definition) is 3. The third-order valence-electron chi connectivity index (χ3n) is 8.36. The number of nitrogens with one attached hydrogen (secondary N) is 1. The monoisotopic (exact) mass is 516 g/mol. The van der Waals surface area contributed by atoms with Crippen molar-refractivity contribution in [3.63, 3.8) is 0 Å². The minimum Gasteiger partial charge on any atom is -0.370 e. The summed E-state index contributed by atoms with van der Waals surface area (Å²) in [5, 5.41) is 2.77. The zero-order valence-corrected chi connectivity index (χ0v) is 21.6. The van der Waals surface area contributed by atoms with Crippen molar-refractivity contribution in [3.05, 3.63) is 71.3 Å². The fourth-order valence-corrected chi connectivity index (χ4v) is 6.32. The summed E-state index contributed by atoms with van der Waals surface area (Å²) in [5.74, 6) is -0.543. The van der Waals surface area contributed by atoms with E-state index in [1.165, 1.54) is 11.1 Å². The van der Waals surface area contributed by atoms with Crippen molar-refractivity contribution >= 4 is 23.8 Å². The second-order valence-electron chi connectivity index (χ2n) is 10.6. The van der Waals surface area contributed by atoms with Crippen molar-refractivity contribution < 1.29 is 14.4 Å². The standard InChI is InChI=1S/C29H36N6O3/c30-27(31)32-16-6-11-23-25(36)35(28(38)33-23)24(19-20-7-2-1-3-8-20)26(37)34-17-14-29(15-18-34)13-12-21-9-4-5-10-22(21)29/h1-5,7-10,23-24H,6,11-19H2,(H,33,38)(H4,30,31,32)/t23-,24-/m1/s1. The van der Waals surface area contributed by atoms with Crippen molar-refractivity contribution in [2.45, 2.75) is 62.4 Å². The number of aliphatic imine (C=N–C) groups is 1. The van der Waals surface area contributed by atoms with E-state index in [2.05, 4.69) is 34.6 Å². The van der Waals surface area contributed by atoms with Gasteiger partial charge < -0.3 is 21.7 Å². The fraction of sp³-hybridized carbons (Fsp3) is 0.448. The van der Waals surface area contributed by atoms with Crippen molar-refractivity contribution in [1.29, 1.82) is 0 Å². The molecule has 5 N–H and O–H groups in total. The molecule has 0 radical (unpaired) electrons. The summed E-state index contributed by atoms with van der Waals surface area (Å²) in [5.41, 5.74) is 14.6. The van der Waals surface area contributed by atoms with Crippen LogP contribution in [0.2, 0.25) is 0 Å². The molecule has 2 heterocycles. The normalized spacial score (nSPS) is 20.8. The molecule has 1 spiro atoms. The molecule has 0 aromatic heterocycles. The molecule has 200 valence electrons. The van der Waals surface area contributed by atoms with E-state index in [1.54, 1.807) is 0 Å². The molecular weight excluding hydrogens is 480 g/mol. The maximum absolute atomic E-state index is 14.0. The van der Waals surface area contributed by atoms with Crippen LogP contribution < -0.4 is 16.8 Å². The first kappa shape index (κ1) is 25.8. The molecule has 2 aliphatic heterocycles. The number of urea groups is 1. The molecule has 4 amide bonds. The highest BCUT2D eigenvalue weighted by Crippen LogP contribution is 2.46. The van der Waals surface area contributed by atoms with Gasteiger partial charge in [0.05, 0.1) is 0 Å². The van der Waals surface area contributed by atoms with Crippen LogP contribution in [0.3, 0.4) is 0 Å². The number of carbonyl (C=O) groups is 3. The van der Waals surface area contributed by atoms with Gasteiger partial charge in [0.15, 0.2) is 5.96 Å². The number of imide groups is 1. The highest BCUT2D eigenvalue weighted by molar-refractivity contribution is 6.07. The van der Waals surface area contributed by atoms with Gasteiger partial charge in [0.1, 0.15) is 12.1 Å². The Morgan fingerprint density at radius 2 is 1.74 bits per heavy atom. The molecule has 38 heavy (non-hydrogen) atoms. The summed E-state index contributed by atoms with van der Waals surface area (Å²) in [6, 6.07) is 16.1. The fourth-order valence-electron chi connectivity index (χ4n) is 6.32. The average Bonchev–Trinajstić information content (AvgIpc) is 3.42. The second-order valence-corrected chi connectivity index (χ2v) is 10.6. The Morgan fingerprint density at radius 3 is 2.47 bits per heavy atom. The smallest absolute Gasteiger partial charge is 0.325 e. The lowest BCUT2D eigenvalue weighted by molar-refractivity contribution is -0.143. The largest absolute Gasteiger partial charge is 0.370 e. The summed E-state index contributed by atoms with van der Waals surface area (Å²) in [6.45, 7) is 1.60. The van der Waals surface area contributed by atoms with Gasteiger partial charge in [-0.2, -0.15) is 0 Å². The third kappa shape index (κ3) is 5.10. The van der Waals surface area contributed by atoms with Crippen molar-refractivity contribution in [1.82, 2.24) is 15.1 Å². The Kier molecular flexibility index (Phi) is 7.35. The summed E-state index contributed by atoms with van der Waals surface area (Å²) < 4.78 is 0. The predicted octanol–water partition coefficient (Wildman–Crippen LogP) is 2.08. The van der Waals surface area contributed by atoms with Gasteiger partial charge in [-0.15, -0.1) is 0 Å². The molecule has 1 aliphatic carbocycles. The molecule has 2 aromatic carbocycles. The maximum atomic E-state index is 14.0. The molecule has 2 fully saturated rings. The number of nitrogens with zero attached hydrogens (tertiary/aromatic N) is 3. The SMILES string of the molecule is NC(N)=NCCC[C@H]1NC(=O)N([C@H](Cc2ccccc2)C(=O)N2CCC3(CCc4ccccc43)CC2)C1=O. The number of fused-ring (bicyclic) bond motifs is 2. The van der Waals surface area contributed by atoms with Crippen LogP contribution in [0.1, 0.15) is 48.8 Å². The van der Waals surface area contributed by atoms with Gasteiger partial charge >= 0.3 is 6.03 Å². The number of guanidine groups is 1. The van der Waals surface area contributed by atoms with Gasteiger partial charge in [-0.25, -0.2) is 9.69 Å². The first-order chi connectivity index (χ1) is 18.4. The van der Waals surface area contributed by atoms with Gasteiger partial charge in [0, 0.05) is 26.1 Å². The van der Waals surface area contributed by atoms with Crippen molar-refractivity contribution in [2.24, 2.45) is 16.5 Å². The van der Waals surface area contributed by atoms with Crippen LogP contribution in [-0.4, -0.2) is 65.3 Å². The number of nitrogens with two attached hydrogens (primary N) is 2. The highest BCUT2D eigenvalue weighted by Gasteiger charge is 2.47. The molecule has 9 nitrogen and oxygen atoms in total. The van der Waals surface area contributed by atoms with E-state index in [9.17, 15) is 14.4 Å². The molecule has 2 saturated heterocycles. The lowest BCUT2D eigenvalue weighted by atomic mass is 9.73. The highest BCUT2D eigenvalue weighted by atomic mass is 16.2. The van der Waals surface area contributed by atoms with Crippen LogP contribution in [0.15, 0.2) is 59.6 Å². The van der Waals surface area contributed by atoms with Crippen molar-refractivity contribution in [2.75, 3.05) is 19.6 Å². The minimum atomic E-state index is -0.891. The van der Waals surface area contributed by atoms with Crippen LogP contribution in [0.5, 0.6) is 0 Å². The number of aryl methyl sites for hydroxylation is 1. The molecule has 0 bridgehead atoms. The second kappa shape index (κ2) is 10.8. The lowest BCUT2D eigenvalue weighted by Crippen LogP contribution is -2.55. The Bertz CT molecular complexity index is 1220. The van der Waals surface area contributed by atoms with E-state index < -0.39 is 18.1 Å². The number of amides is 4. The van der Waals surface area contributed by atoms with Crippen LogP contribution in [0.25, 0.3) is 0 Å². The average molecular weight is 517 g/mol. The van der Waals surface area contributed by atoms with E-state index in [1.807, 2.05) is 35.2 Å². The summed E-state index contributed by atoms with van der Waals surface area (Å²) in [4.78, 5) is 47.4. The van der Waals surface area contributed by atoms with Crippen LogP contribution in [0.4, 0.5) is 4.79 Å². The molecule has 2 aromatic rings. The number of likely N-dealkylation sites (tertiary alicyclic amines) is 1. The number of piperidine rings is 1. The molecule has 0 unspecified atom stereocenters. The Morgan fingerprint density at radius 1 is 1.03 bits per heavy atom. The molecule has 9 heteroatoms. The minimum absolute atomic E-state index is 0.00802. The van der Waals surface area contributed by atoms with E-state index >= 15 is 0 Å². The van der Waals surface area contributed by atoms with Crippen LogP contribution in [-0.2, 0) is 27.8 Å². The number of hydrogen-bond acceptors (Lipinski definition) is 4. The first-order valence-electron chi connectivity index (χ1n) is 13.5. The number of carbonyl (C=O) groups excluding carboxylic acids is 3. The summed E-state index contributed by atoms with van der Waals surface area (Å²) in [7, 11) is 0. The van der Waals surface area contributed by atoms with E-state index in [-0.39, 0.29) is 29.6 Å². The number of benzene rings is 2. The Hall–Kier alpha value is -3.88. The molecule has 0 saturated carbocycles. The van der Waals surface area contributed by atoms with Gasteiger partial charge in [-0.05, 0) is 60.6 Å². The molecule has 5 rings (SSSR count). The van der Waals surface area contributed by atoms with E-state index in [4.69, 9.17) is 11.5 Å². The molecular formula is C29H36N6O3. The van der Waals surface area contributed by atoms with Crippen LogP contribution >= 0.6 is 0 Å². The van der Waals surface area contributed by atoms with Gasteiger partial charge in [0.25, 0.3) is 5.91 Å². The van der Waals surface area contributed by atoms with Crippen molar-refractivity contribution in [3.8, 4) is 0 Å². The summed E-state index contributed by atoms with van der Waals surface area (Å²) >= 11 is 0. The summed E-state index contributed by atoms with van der Waals surface area (Å²) in [6.07, 6.45) is 5.18. The third-order valence-corrected chi connectivity index (χ3v) is 8.36. The maximum Gasteiger partial charge on any atom is 0.325 e. The Balaban J connectivity index is 1.31. The Labute approximate surface area is 223 Å². The van der Waals surface area contributed by atoms with Gasteiger partial charge in [-0.1, -0.05) is 54.6 Å². The topological polar surface area (TPSA) is 134 Å². The molecule has 2 atom stereocenters. The van der Waals surface area contributed by atoms with E-state index in [0.29, 0.717) is 32.5 Å². The van der Waals surface area contributed by atoms with Gasteiger partial charge in [0.2, 0.25) is 5.91 Å². The predicted molar refractivity (Wildman–Crippen MR) is 145 cm³/mol. The lowest BCUT2D eigenvalue weighted by Gasteiger charge is -2.42. The van der Waals surface area contributed by atoms with Gasteiger partial charge in [-0.3, -0.25) is 14.6 Å². The zero-order chi connectivity index (χ0) is 26.7. The van der Waals surface area contributed by atoms with Crippen LogP contribution in [0, 0.1) is 0 Å². The zero-order valence-electron chi connectivity index (χ0n) is 21.6. The number of rotatable bonds is 8.